The molecule has 2 saturated heterocycles. The van der Waals surface area contributed by atoms with Crippen LogP contribution < -0.4 is 4.90 Å². The third-order valence-electron chi connectivity index (χ3n) is 7.82. The molecule has 2 aliphatic heterocycles. The molecule has 0 radical (unpaired) electrons. The summed E-state index contributed by atoms with van der Waals surface area (Å²) in [5, 5.41) is 0. The number of piperazine rings is 1. The Morgan fingerprint density at radius 1 is 0.906 bits per heavy atom. The summed E-state index contributed by atoms with van der Waals surface area (Å²) in [5.74, 6) is 1.84. The number of fused-ring (bicyclic) bond motifs is 1. The highest BCUT2D eigenvalue weighted by molar-refractivity contribution is 5.89. The lowest BCUT2D eigenvalue weighted by atomic mass is 9.90. The number of likely N-dealkylation sites (N-methyl/N-ethyl adjacent to an activating group) is 1. The number of anilines is 1. The Morgan fingerprint density at radius 2 is 1.72 bits per heavy atom. The maximum absolute atomic E-state index is 5.10. The minimum absolute atomic E-state index is 0.301. The van der Waals surface area contributed by atoms with Gasteiger partial charge in [0, 0.05) is 32.4 Å². The molecule has 6 heteroatoms. The summed E-state index contributed by atoms with van der Waals surface area (Å²) in [7, 11) is 4.48. The van der Waals surface area contributed by atoms with Gasteiger partial charge in [-0.25, -0.2) is 4.98 Å². The number of hydrogen-bond acceptors (Lipinski definition) is 5. The molecule has 1 N–H and O–H groups in total. The van der Waals surface area contributed by atoms with Crippen LogP contribution in [0.1, 0.15) is 67.2 Å². The van der Waals surface area contributed by atoms with Crippen molar-refractivity contribution >= 4 is 16.7 Å². The fraction of sp³-hybridized carbons (Fsp3) is 0.538. The lowest BCUT2D eigenvalue weighted by Crippen LogP contribution is -2.44. The molecule has 0 amide bonds. The highest BCUT2D eigenvalue weighted by Crippen LogP contribution is 2.46. The van der Waals surface area contributed by atoms with Gasteiger partial charge >= 0.3 is 0 Å². The quantitative estimate of drug-likeness (QED) is 0.661. The summed E-state index contributed by atoms with van der Waals surface area (Å²) in [6.07, 6.45) is 8.14. The first-order chi connectivity index (χ1) is 15.7. The summed E-state index contributed by atoms with van der Waals surface area (Å²) in [5.41, 5.74) is 6.36. The van der Waals surface area contributed by atoms with Gasteiger partial charge in [-0.3, -0.25) is 9.88 Å². The van der Waals surface area contributed by atoms with Gasteiger partial charge in [0.25, 0.3) is 0 Å². The Labute approximate surface area is 190 Å². The molecule has 0 unspecified atom stereocenters. The molecule has 0 spiro atoms. The van der Waals surface area contributed by atoms with E-state index in [2.05, 4.69) is 64.1 Å². The number of H-pyrrole nitrogens is 1. The Hall–Kier alpha value is -2.44. The summed E-state index contributed by atoms with van der Waals surface area (Å²) in [4.78, 5) is 21.2. The van der Waals surface area contributed by atoms with Crippen LogP contribution in [0.5, 0.6) is 0 Å². The van der Waals surface area contributed by atoms with Crippen molar-refractivity contribution in [2.24, 2.45) is 0 Å². The molecule has 168 valence electrons. The highest BCUT2D eigenvalue weighted by Gasteiger charge is 2.36. The third kappa shape index (κ3) is 3.59. The molecule has 1 aromatic carbocycles. The molecule has 2 aromatic heterocycles. The molecule has 1 saturated carbocycles. The van der Waals surface area contributed by atoms with E-state index in [1.807, 2.05) is 6.20 Å². The number of benzene rings is 1. The van der Waals surface area contributed by atoms with Crippen LogP contribution in [0.2, 0.25) is 0 Å². The molecule has 6 rings (SSSR count). The van der Waals surface area contributed by atoms with E-state index < -0.39 is 0 Å². The fourth-order valence-electron chi connectivity index (χ4n) is 5.74. The van der Waals surface area contributed by atoms with Gasteiger partial charge in [0.15, 0.2) is 0 Å². The van der Waals surface area contributed by atoms with Gasteiger partial charge in [-0.05, 0) is 75.9 Å². The van der Waals surface area contributed by atoms with E-state index in [9.17, 15) is 0 Å². The maximum atomic E-state index is 5.10. The molecule has 3 aliphatic rings. The van der Waals surface area contributed by atoms with E-state index in [-0.39, 0.29) is 0 Å². The normalized spacial score (nSPS) is 25.5. The van der Waals surface area contributed by atoms with Crippen LogP contribution in [-0.4, -0.2) is 65.0 Å². The summed E-state index contributed by atoms with van der Waals surface area (Å²) < 4.78 is 0. The Balaban J connectivity index is 1.31. The Bertz CT molecular complexity index is 1090. The third-order valence-corrected chi connectivity index (χ3v) is 7.82. The second-order valence-electron chi connectivity index (χ2n) is 9.96. The number of rotatable bonds is 4. The number of nitrogens with one attached hydrogen (secondary N) is 1. The largest absolute Gasteiger partial charge is 0.367 e. The van der Waals surface area contributed by atoms with Crippen molar-refractivity contribution in [2.75, 3.05) is 45.2 Å². The Morgan fingerprint density at radius 3 is 2.53 bits per heavy atom. The first-order valence-electron chi connectivity index (χ1n) is 12.3. The van der Waals surface area contributed by atoms with Gasteiger partial charge in [0.05, 0.1) is 34.5 Å². The monoisotopic (exact) mass is 430 g/mol. The zero-order chi connectivity index (χ0) is 21.7. The van der Waals surface area contributed by atoms with Crippen molar-refractivity contribution in [2.45, 2.75) is 50.1 Å². The van der Waals surface area contributed by atoms with E-state index in [0.29, 0.717) is 12.1 Å². The molecule has 3 aromatic rings. The van der Waals surface area contributed by atoms with E-state index in [0.717, 1.165) is 49.9 Å². The maximum Gasteiger partial charge on any atom is 0.124 e. The number of imidazole rings is 1. The average Bonchev–Trinajstić information content (AvgIpc) is 3.58. The van der Waals surface area contributed by atoms with E-state index >= 15 is 0 Å². The van der Waals surface area contributed by atoms with Crippen molar-refractivity contribution in [3.63, 3.8) is 0 Å². The highest BCUT2D eigenvalue weighted by atomic mass is 15.3. The summed E-state index contributed by atoms with van der Waals surface area (Å²) in [6.45, 7) is 4.35. The molecule has 4 heterocycles. The number of para-hydroxylation sites is 1. The number of hydrogen-bond donors (Lipinski definition) is 1. The van der Waals surface area contributed by atoms with Crippen molar-refractivity contribution in [3.05, 3.63) is 53.6 Å². The lowest BCUT2D eigenvalue weighted by Gasteiger charge is -2.39. The first-order valence-corrected chi connectivity index (χ1v) is 12.3. The standard InChI is InChI=1S/C26H34N6/c1-30-14-16-32(17-15-30)22-9-3-7-20-25(22)29-26(28-20)23-10-4-8-21(31(23)2)24-19(18-11-12-18)6-5-13-27-24/h3,5-7,9,13,18,21,23H,4,8,10-12,14-17H2,1-2H3,(H,28,29)/t21-,23+/m1/s1. The van der Waals surface area contributed by atoms with Crippen LogP contribution in [-0.2, 0) is 0 Å². The van der Waals surface area contributed by atoms with Gasteiger partial charge in [0.2, 0.25) is 0 Å². The van der Waals surface area contributed by atoms with Crippen LogP contribution in [0.3, 0.4) is 0 Å². The number of aromatic nitrogens is 3. The first kappa shape index (κ1) is 20.2. The number of nitrogens with zero attached hydrogens (tertiary/aromatic N) is 5. The molecular weight excluding hydrogens is 396 g/mol. The topological polar surface area (TPSA) is 51.3 Å². The zero-order valence-electron chi connectivity index (χ0n) is 19.3. The molecule has 6 nitrogen and oxygen atoms in total. The minimum atomic E-state index is 0.301. The van der Waals surface area contributed by atoms with Gasteiger partial charge in [0.1, 0.15) is 5.82 Å². The Kier molecular flexibility index (Phi) is 5.15. The zero-order valence-corrected chi connectivity index (χ0v) is 19.3. The molecule has 32 heavy (non-hydrogen) atoms. The van der Waals surface area contributed by atoms with Gasteiger partial charge in [-0.2, -0.15) is 0 Å². The van der Waals surface area contributed by atoms with E-state index in [1.165, 1.54) is 48.1 Å². The van der Waals surface area contributed by atoms with E-state index in [1.54, 1.807) is 0 Å². The predicted octanol–water partition coefficient (Wildman–Crippen LogP) is 4.49. The molecule has 0 bridgehead atoms. The fourth-order valence-corrected chi connectivity index (χ4v) is 5.74. The SMILES string of the molecule is CN1CCN(c2cccc3nc([C@@H]4CCC[C@H](c5ncccc5C5CC5)N4C)[nH]c23)CC1. The molecular formula is C26H34N6. The van der Waals surface area contributed by atoms with Gasteiger partial charge < -0.3 is 14.8 Å². The number of piperidine rings is 1. The van der Waals surface area contributed by atoms with Crippen LogP contribution in [0.15, 0.2) is 36.5 Å². The summed E-state index contributed by atoms with van der Waals surface area (Å²) in [6, 6.07) is 11.6. The van der Waals surface area contributed by atoms with Crippen LogP contribution >= 0.6 is 0 Å². The van der Waals surface area contributed by atoms with Crippen LogP contribution in [0, 0.1) is 0 Å². The van der Waals surface area contributed by atoms with Crippen molar-refractivity contribution in [1.29, 1.82) is 0 Å². The summed E-state index contributed by atoms with van der Waals surface area (Å²) >= 11 is 0. The second kappa shape index (κ2) is 8.16. The van der Waals surface area contributed by atoms with Crippen LogP contribution in [0.25, 0.3) is 11.0 Å². The smallest absolute Gasteiger partial charge is 0.124 e. The number of pyridine rings is 1. The number of likely N-dealkylation sites (tertiary alicyclic amines) is 1. The minimum Gasteiger partial charge on any atom is -0.367 e. The molecule has 1 aliphatic carbocycles. The van der Waals surface area contributed by atoms with Crippen LogP contribution in [0.4, 0.5) is 5.69 Å². The van der Waals surface area contributed by atoms with Crippen molar-refractivity contribution in [3.8, 4) is 0 Å². The van der Waals surface area contributed by atoms with Gasteiger partial charge in [-0.1, -0.05) is 12.1 Å². The lowest BCUT2D eigenvalue weighted by molar-refractivity contribution is 0.106. The predicted molar refractivity (Wildman–Crippen MR) is 129 cm³/mol. The van der Waals surface area contributed by atoms with E-state index in [4.69, 9.17) is 9.97 Å². The molecule has 2 atom stereocenters. The number of aromatic amines is 1. The molecule has 3 fully saturated rings. The van der Waals surface area contributed by atoms with Crippen molar-refractivity contribution in [1.82, 2.24) is 24.8 Å². The average molecular weight is 431 g/mol. The second-order valence-corrected chi connectivity index (χ2v) is 9.96. The van der Waals surface area contributed by atoms with Gasteiger partial charge in [-0.15, -0.1) is 0 Å². The van der Waals surface area contributed by atoms with Crippen molar-refractivity contribution < 1.29 is 0 Å².